The lowest BCUT2D eigenvalue weighted by atomic mass is 9.99. The van der Waals surface area contributed by atoms with Gasteiger partial charge in [0.1, 0.15) is 6.54 Å². The predicted molar refractivity (Wildman–Crippen MR) is 96.0 cm³/mol. The zero-order chi connectivity index (χ0) is 17.2. The minimum Gasteiger partial charge on any atom is -0.480 e. The van der Waals surface area contributed by atoms with Gasteiger partial charge in [-0.25, -0.2) is 0 Å². The summed E-state index contributed by atoms with van der Waals surface area (Å²) in [6.45, 7) is -0.139. The van der Waals surface area contributed by atoms with Crippen LogP contribution in [0.4, 0.5) is 0 Å². The van der Waals surface area contributed by atoms with Crippen molar-refractivity contribution in [2.45, 2.75) is 6.54 Å². The van der Waals surface area contributed by atoms with E-state index in [1.165, 1.54) is 10.1 Å². The Bertz CT molecular complexity index is 1050. The summed E-state index contributed by atoms with van der Waals surface area (Å²) in [5.41, 5.74) is 4.06. The third-order valence-corrected chi connectivity index (χ3v) is 4.13. The van der Waals surface area contributed by atoms with Gasteiger partial charge in [0.05, 0.1) is 6.20 Å². The van der Waals surface area contributed by atoms with Crippen LogP contribution >= 0.6 is 0 Å². The highest BCUT2D eigenvalue weighted by molar-refractivity contribution is 5.95. The van der Waals surface area contributed by atoms with Gasteiger partial charge in [-0.2, -0.15) is 5.10 Å². The molecule has 25 heavy (non-hydrogen) atoms. The standard InChI is InChI=1S/C20H15N3O2/c24-20(25)13-23-12-17(10-22-23)14-5-7-15(8-6-14)19-11-21-9-16-3-1-2-4-18(16)19/h1-12H,13H2,(H,24,25). The third kappa shape index (κ3) is 2.99. The molecule has 0 aliphatic carbocycles. The molecule has 122 valence electrons. The van der Waals surface area contributed by atoms with Crippen LogP contribution in [0.2, 0.25) is 0 Å². The zero-order valence-electron chi connectivity index (χ0n) is 13.3. The Hall–Kier alpha value is -3.47. The fourth-order valence-electron chi connectivity index (χ4n) is 2.93. The molecule has 5 nitrogen and oxygen atoms in total. The molecule has 2 aromatic carbocycles. The van der Waals surface area contributed by atoms with Gasteiger partial charge in [0, 0.05) is 35.1 Å². The average Bonchev–Trinajstić information content (AvgIpc) is 3.09. The lowest BCUT2D eigenvalue weighted by Gasteiger charge is -2.07. The van der Waals surface area contributed by atoms with E-state index in [1.807, 2.05) is 48.8 Å². The number of carbonyl (C=O) groups is 1. The second-order valence-electron chi connectivity index (χ2n) is 5.81. The van der Waals surface area contributed by atoms with E-state index in [4.69, 9.17) is 5.11 Å². The minimum atomic E-state index is -0.909. The van der Waals surface area contributed by atoms with E-state index in [-0.39, 0.29) is 6.54 Å². The fraction of sp³-hybridized carbons (Fsp3) is 0.0500. The van der Waals surface area contributed by atoms with Crippen molar-refractivity contribution >= 4 is 16.7 Å². The summed E-state index contributed by atoms with van der Waals surface area (Å²) in [4.78, 5) is 15.1. The molecule has 0 aliphatic rings. The number of aromatic nitrogens is 3. The zero-order valence-corrected chi connectivity index (χ0v) is 13.3. The van der Waals surface area contributed by atoms with E-state index >= 15 is 0 Å². The summed E-state index contributed by atoms with van der Waals surface area (Å²) in [6.07, 6.45) is 7.16. The average molecular weight is 329 g/mol. The van der Waals surface area contributed by atoms with Crippen LogP contribution in [0, 0.1) is 0 Å². The van der Waals surface area contributed by atoms with Gasteiger partial charge in [-0.3, -0.25) is 14.5 Å². The van der Waals surface area contributed by atoms with Crippen molar-refractivity contribution in [2.24, 2.45) is 0 Å². The molecule has 0 unspecified atom stereocenters. The highest BCUT2D eigenvalue weighted by Crippen LogP contribution is 2.29. The summed E-state index contributed by atoms with van der Waals surface area (Å²) < 4.78 is 1.42. The second kappa shape index (κ2) is 6.20. The molecule has 0 saturated carbocycles. The van der Waals surface area contributed by atoms with Crippen LogP contribution < -0.4 is 0 Å². The Balaban J connectivity index is 1.68. The number of aliphatic carboxylic acids is 1. The number of hydrogen-bond acceptors (Lipinski definition) is 3. The smallest absolute Gasteiger partial charge is 0.325 e. The molecule has 0 fully saturated rings. The van der Waals surface area contributed by atoms with Gasteiger partial charge in [-0.15, -0.1) is 0 Å². The van der Waals surface area contributed by atoms with Crippen LogP contribution in [0.15, 0.2) is 73.3 Å². The first-order chi connectivity index (χ1) is 12.2. The van der Waals surface area contributed by atoms with Crippen LogP contribution in [-0.4, -0.2) is 25.8 Å². The number of nitrogens with zero attached hydrogens (tertiary/aromatic N) is 3. The maximum atomic E-state index is 10.8. The molecular weight excluding hydrogens is 314 g/mol. The van der Waals surface area contributed by atoms with E-state index in [9.17, 15) is 4.79 Å². The van der Waals surface area contributed by atoms with Crippen molar-refractivity contribution in [1.82, 2.24) is 14.8 Å². The Morgan fingerprint density at radius 3 is 2.48 bits per heavy atom. The Morgan fingerprint density at radius 2 is 1.68 bits per heavy atom. The summed E-state index contributed by atoms with van der Waals surface area (Å²) >= 11 is 0. The maximum absolute atomic E-state index is 10.8. The number of benzene rings is 2. The van der Waals surface area contributed by atoms with Crippen molar-refractivity contribution in [3.8, 4) is 22.3 Å². The molecule has 2 heterocycles. The monoisotopic (exact) mass is 329 g/mol. The SMILES string of the molecule is O=C(O)Cn1cc(-c2ccc(-c3cncc4ccccc34)cc2)cn1. The fourth-order valence-corrected chi connectivity index (χ4v) is 2.93. The number of carboxylic acids is 1. The summed E-state index contributed by atoms with van der Waals surface area (Å²) in [7, 11) is 0. The van der Waals surface area contributed by atoms with E-state index in [2.05, 4.69) is 22.2 Å². The van der Waals surface area contributed by atoms with E-state index < -0.39 is 5.97 Å². The highest BCUT2D eigenvalue weighted by Gasteiger charge is 2.07. The molecule has 5 heteroatoms. The first kappa shape index (κ1) is 15.1. The second-order valence-corrected chi connectivity index (χ2v) is 5.81. The molecule has 0 amide bonds. The summed E-state index contributed by atoms with van der Waals surface area (Å²) in [5.74, 6) is -0.909. The van der Waals surface area contributed by atoms with Crippen LogP contribution in [0.25, 0.3) is 33.0 Å². The number of carboxylic acid groups (broad SMARTS) is 1. The van der Waals surface area contributed by atoms with Gasteiger partial charge >= 0.3 is 5.97 Å². The third-order valence-electron chi connectivity index (χ3n) is 4.13. The van der Waals surface area contributed by atoms with Crippen LogP contribution in [0.3, 0.4) is 0 Å². The van der Waals surface area contributed by atoms with Gasteiger partial charge in [-0.1, -0.05) is 48.5 Å². The molecular formula is C20H15N3O2. The number of pyridine rings is 1. The lowest BCUT2D eigenvalue weighted by molar-refractivity contribution is -0.137. The Morgan fingerprint density at radius 1 is 0.920 bits per heavy atom. The molecule has 4 aromatic rings. The van der Waals surface area contributed by atoms with Crippen LogP contribution in [-0.2, 0) is 11.3 Å². The van der Waals surface area contributed by atoms with Gasteiger partial charge in [-0.05, 0) is 16.5 Å². The van der Waals surface area contributed by atoms with Crippen molar-refractivity contribution in [3.05, 3.63) is 73.3 Å². The minimum absolute atomic E-state index is 0.139. The predicted octanol–water partition coefficient (Wildman–Crippen LogP) is 3.85. The summed E-state index contributed by atoms with van der Waals surface area (Å²) in [6, 6.07) is 16.3. The van der Waals surface area contributed by atoms with Crippen LogP contribution in [0.5, 0.6) is 0 Å². The molecule has 0 saturated heterocycles. The van der Waals surface area contributed by atoms with Gasteiger partial charge < -0.3 is 5.11 Å². The van der Waals surface area contributed by atoms with E-state index in [0.29, 0.717) is 0 Å². The molecule has 4 rings (SSSR count). The topological polar surface area (TPSA) is 68.0 Å². The number of rotatable bonds is 4. The first-order valence-corrected chi connectivity index (χ1v) is 7.88. The molecule has 1 N–H and O–H groups in total. The molecule has 0 bridgehead atoms. The molecule has 2 aromatic heterocycles. The molecule has 0 aliphatic heterocycles. The largest absolute Gasteiger partial charge is 0.480 e. The normalized spacial score (nSPS) is 10.9. The van der Waals surface area contributed by atoms with Gasteiger partial charge in [0.15, 0.2) is 0 Å². The lowest BCUT2D eigenvalue weighted by Crippen LogP contribution is -2.08. The van der Waals surface area contributed by atoms with Crippen molar-refractivity contribution in [3.63, 3.8) is 0 Å². The Labute approximate surface area is 144 Å². The quantitative estimate of drug-likeness (QED) is 0.617. The van der Waals surface area contributed by atoms with E-state index in [1.54, 1.807) is 12.4 Å². The molecule has 0 atom stereocenters. The highest BCUT2D eigenvalue weighted by atomic mass is 16.4. The van der Waals surface area contributed by atoms with Crippen molar-refractivity contribution in [2.75, 3.05) is 0 Å². The number of hydrogen-bond donors (Lipinski definition) is 1. The number of fused-ring (bicyclic) bond motifs is 1. The Kier molecular flexibility index (Phi) is 3.74. The van der Waals surface area contributed by atoms with Crippen LogP contribution in [0.1, 0.15) is 0 Å². The molecule has 0 radical (unpaired) electrons. The maximum Gasteiger partial charge on any atom is 0.325 e. The van der Waals surface area contributed by atoms with Gasteiger partial charge in [0.2, 0.25) is 0 Å². The molecule has 0 spiro atoms. The van der Waals surface area contributed by atoms with Crippen molar-refractivity contribution < 1.29 is 9.90 Å². The van der Waals surface area contributed by atoms with E-state index in [0.717, 1.165) is 27.6 Å². The first-order valence-electron chi connectivity index (χ1n) is 7.88. The van der Waals surface area contributed by atoms with Gasteiger partial charge in [0.25, 0.3) is 0 Å². The summed E-state index contributed by atoms with van der Waals surface area (Å²) in [5, 5.41) is 15.2. The van der Waals surface area contributed by atoms with Crippen molar-refractivity contribution in [1.29, 1.82) is 0 Å².